The zero-order chi connectivity index (χ0) is 12.5. The summed E-state index contributed by atoms with van der Waals surface area (Å²) < 4.78 is 2.02. The van der Waals surface area contributed by atoms with Crippen molar-refractivity contribution in [1.82, 2.24) is 15.2 Å². The summed E-state index contributed by atoms with van der Waals surface area (Å²) in [6.45, 7) is 1.92. The van der Waals surface area contributed by atoms with Gasteiger partial charge in [0.15, 0.2) is 0 Å². The number of amides is 1. The molecule has 5 heteroatoms. The Balaban J connectivity index is 1.71. The van der Waals surface area contributed by atoms with E-state index in [1.165, 1.54) is 0 Å². The average Bonchev–Trinajstić information content (AvgIpc) is 3.13. The fourth-order valence-corrected chi connectivity index (χ4v) is 2.73. The highest BCUT2D eigenvalue weighted by Crippen LogP contribution is 2.37. The second-order valence-corrected chi connectivity index (χ2v) is 5.64. The lowest BCUT2D eigenvalue weighted by atomic mass is 10.1. The molecular weight excluding hydrogens is 250 g/mol. The van der Waals surface area contributed by atoms with Gasteiger partial charge in [-0.2, -0.15) is 0 Å². The van der Waals surface area contributed by atoms with Gasteiger partial charge in [-0.15, -0.1) is 0 Å². The first kappa shape index (κ1) is 12.1. The number of nitrogens with zero attached hydrogens (tertiary/aromatic N) is 1. The van der Waals surface area contributed by atoms with Gasteiger partial charge in [0.25, 0.3) is 5.91 Å². The first-order valence-corrected chi connectivity index (χ1v) is 7.01. The number of carbonyl (C=O) groups is 1. The first-order chi connectivity index (χ1) is 8.74. The van der Waals surface area contributed by atoms with E-state index in [1.54, 1.807) is 6.07 Å². The van der Waals surface area contributed by atoms with Crippen molar-refractivity contribution in [1.29, 1.82) is 0 Å². The molecule has 2 heterocycles. The molecule has 1 saturated carbocycles. The average molecular weight is 268 g/mol. The smallest absolute Gasteiger partial charge is 0.268 e. The van der Waals surface area contributed by atoms with E-state index in [9.17, 15) is 4.79 Å². The molecule has 0 spiro atoms. The van der Waals surface area contributed by atoms with Crippen LogP contribution in [0.5, 0.6) is 0 Å². The summed E-state index contributed by atoms with van der Waals surface area (Å²) in [6.07, 6.45) is 6.34. The third-order valence-electron chi connectivity index (χ3n) is 3.62. The van der Waals surface area contributed by atoms with E-state index >= 15 is 0 Å². The van der Waals surface area contributed by atoms with Crippen LogP contribution in [0.2, 0.25) is 5.02 Å². The van der Waals surface area contributed by atoms with Crippen LogP contribution in [-0.4, -0.2) is 29.6 Å². The number of piperidine rings is 1. The van der Waals surface area contributed by atoms with E-state index in [-0.39, 0.29) is 11.9 Å². The van der Waals surface area contributed by atoms with E-state index in [1.807, 2.05) is 10.8 Å². The third kappa shape index (κ3) is 2.54. The number of nitrogens with one attached hydrogen (secondary N) is 2. The van der Waals surface area contributed by atoms with E-state index in [0.29, 0.717) is 16.8 Å². The van der Waals surface area contributed by atoms with Crippen LogP contribution in [0.15, 0.2) is 12.3 Å². The third-order valence-corrected chi connectivity index (χ3v) is 3.83. The Hall–Kier alpha value is -1.00. The van der Waals surface area contributed by atoms with Crippen molar-refractivity contribution in [2.45, 2.75) is 37.8 Å². The van der Waals surface area contributed by atoms with Crippen molar-refractivity contribution in [3.8, 4) is 0 Å². The molecule has 1 saturated heterocycles. The maximum atomic E-state index is 12.3. The van der Waals surface area contributed by atoms with Gasteiger partial charge in [-0.05, 0) is 38.3 Å². The first-order valence-electron chi connectivity index (χ1n) is 6.63. The number of rotatable bonds is 3. The van der Waals surface area contributed by atoms with Gasteiger partial charge in [0, 0.05) is 24.8 Å². The van der Waals surface area contributed by atoms with E-state index in [2.05, 4.69) is 10.6 Å². The molecular formula is C13H18ClN3O. The molecule has 1 amide bonds. The van der Waals surface area contributed by atoms with Crippen LogP contribution in [0, 0.1) is 0 Å². The van der Waals surface area contributed by atoms with Crippen LogP contribution >= 0.6 is 11.6 Å². The van der Waals surface area contributed by atoms with Crippen molar-refractivity contribution in [3.63, 3.8) is 0 Å². The van der Waals surface area contributed by atoms with E-state index in [4.69, 9.17) is 11.6 Å². The van der Waals surface area contributed by atoms with Gasteiger partial charge >= 0.3 is 0 Å². The summed E-state index contributed by atoms with van der Waals surface area (Å²) >= 11 is 6.01. The number of carbonyl (C=O) groups excluding carboxylic acids is 1. The molecule has 1 aromatic rings. The fraction of sp³-hybridized carbons (Fsp3) is 0.615. The van der Waals surface area contributed by atoms with Gasteiger partial charge in [-0.25, -0.2) is 0 Å². The monoisotopic (exact) mass is 267 g/mol. The van der Waals surface area contributed by atoms with Gasteiger partial charge in [0.05, 0.1) is 5.02 Å². The Labute approximate surface area is 112 Å². The molecule has 1 aliphatic carbocycles. The fourth-order valence-electron chi connectivity index (χ4n) is 2.52. The predicted octanol–water partition coefficient (Wildman–Crippen LogP) is 1.96. The minimum absolute atomic E-state index is 0.00231. The number of hydrogen-bond acceptors (Lipinski definition) is 2. The lowest BCUT2D eigenvalue weighted by Crippen LogP contribution is -2.46. The Morgan fingerprint density at radius 2 is 2.28 bits per heavy atom. The summed E-state index contributed by atoms with van der Waals surface area (Å²) in [6, 6.07) is 2.49. The number of hydrogen-bond donors (Lipinski definition) is 2. The summed E-state index contributed by atoms with van der Waals surface area (Å²) in [5, 5.41) is 7.04. The molecule has 0 bridgehead atoms. The second kappa shape index (κ2) is 4.94. The molecule has 18 heavy (non-hydrogen) atoms. The summed E-state index contributed by atoms with van der Waals surface area (Å²) in [5.41, 5.74) is 0.702. The highest BCUT2D eigenvalue weighted by Gasteiger charge is 2.28. The normalized spacial score (nSPS) is 23.9. The van der Waals surface area contributed by atoms with Crippen molar-refractivity contribution in [2.75, 3.05) is 13.1 Å². The van der Waals surface area contributed by atoms with Gasteiger partial charge in [-0.1, -0.05) is 11.6 Å². The maximum Gasteiger partial charge on any atom is 0.268 e. The van der Waals surface area contributed by atoms with E-state index < -0.39 is 0 Å². The van der Waals surface area contributed by atoms with Crippen molar-refractivity contribution < 1.29 is 4.79 Å². The van der Waals surface area contributed by atoms with Crippen LogP contribution in [-0.2, 0) is 0 Å². The second-order valence-electron chi connectivity index (χ2n) is 5.20. The van der Waals surface area contributed by atoms with Crippen molar-refractivity contribution in [2.24, 2.45) is 0 Å². The molecule has 4 nitrogen and oxygen atoms in total. The molecule has 2 aliphatic rings. The zero-order valence-corrected chi connectivity index (χ0v) is 11.0. The SMILES string of the molecule is O=C(N[C@@H]1CCCNC1)c1cc(Cl)cn1C1CC1. The molecule has 0 radical (unpaired) electrons. The Kier molecular flexibility index (Phi) is 3.31. The van der Waals surface area contributed by atoms with Crippen LogP contribution in [0.3, 0.4) is 0 Å². The lowest BCUT2D eigenvalue weighted by molar-refractivity contribution is 0.0921. The topological polar surface area (TPSA) is 46.1 Å². The molecule has 98 valence electrons. The van der Waals surface area contributed by atoms with Crippen LogP contribution in [0.1, 0.15) is 42.2 Å². The van der Waals surface area contributed by atoms with Crippen LogP contribution in [0.25, 0.3) is 0 Å². The highest BCUT2D eigenvalue weighted by molar-refractivity contribution is 6.31. The van der Waals surface area contributed by atoms with Gasteiger partial charge < -0.3 is 15.2 Å². The molecule has 1 aromatic heterocycles. The summed E-state index contributed by atoms with van der Waals surface area (Å²) in [5.74, 6) is 0.00231. The number of aromatic nitrogens is 1. The quantitative estimate of drug-likeness (QED) is 0.879. The Bertz CT molecular complexity index is 447. The molecule has 2 fully saturated rings. The maximum absolute atomic E-state index is 12.3. The minimum atomic E-state index is 0.00231. The Morgan fingerprint density at radius 1 is 1.44 bits per heavy atom. The van der Waals surface area contributed by atoms with E-state index in [0.717, 1.165) is 38.8 Å². The summed E-state index contributed by atoms with van der Waals surface area (Å²) in [7, 11) is 0. The van der Waals surface area contributed by atoms with Gasteiger partial charge in [0.1, 0.15) is 5.69 Å². The standard InChI is InChI=1S/C13H18ClN3O/c14-9-6-12(17(8-9)11-3-4-11)13(18)16-10-2-1-5-15-7-10/h6,8,10-11,15H,1-5,7H2,(H,16,18)/t10-/m1/s1. The number of halogens is 1. The largest absolute Gasteiger partial charge is 0.347 e. The van der Waals surface area contributed by atoms with Crippen molar-refractivity contribution in [3.05, 3.63) is 23.0 Å². The van der Waals surface area contributed by atoms with Gasteiger partial charge in [0.2, 0.25) is 0 Å². The van der Waals surface area contributed by atoms with Crippen molar-refractivity contribution >= 4 is 17.5 Å². The van der Waals surface area contributed by atoms with Crippen LogP contribution in [0.4, 0.5) is 0 Å². The molecule has 0 unspecified atom stereocenters. The lowest BCUT2D eigenvalue weighted by Gasteiger charge is -2.24. The summed E-state index contributed by atoms with van der Waals surface area (Å²) in [4.78, 5) is 12.3. The Morgan fingerprint density at radius 3 is 2.94 bits per heavy atom. The predicted molar refractivity (Wildman–Crippen MR) is 71.1 cm³/mol. The molecule has 3 rings (SSSR count). The highest BCUT2D eigenvalue weighted by atomic mass is 35.5. The minimum Gasteiger partial charge on any atom is -0.347 e. The zero-order valence-electron chi connectivity index (χ0n) is 10.3. The van der Waals surface area contributed by atoms with Crippen LogP contribution < -0.4 is 10.6 Å². The molecule has 0 aromatic carbocycles. The molecule has 2 N–H and O–H groups in total. The molecule has 1 atom stereocenters. The van der Waals surface area contributed by atoms with Gasteiger partial charge in [-0.3, -0.25) is 4.79 Å². The molecule has 1 aliphatic heterocycles.